The molecule has 0 spiro atoms. The third-order valence-electron chi connectivity index (χ3n) is 2.85. The van der Waals surface area contributed by atoms with Gasteiger partial charge in [0.15, 0.2) is 0 Å². The highest BCUT2D eigenvalue weighted by Gasteiger charge is 2.34. The molecule has 0 aliphatic carbocycles. The van der Waals surface area contributed by atoms with Crippen LogP contribution in [0.1, 0.15) is 6.42 Å². The van der Waals surface area contributed by atoms with Crippen LogP contribution in [0.5, 0.6) is 0 Å². The molecule has 94 valence electrons. The summed E-state index contributed by atoms with van der Waals surface area (Å²) in [5, 5.41) is 22.9. The SMILES string of the molecule is CNC(=O)CNC1=C2C(=N)CCN2C(O)OC1. The second-order valence-electron chi connectivity index (χ2n) is 3.91. The predicted molar refractivity (Wildman–Crippen MR) is 60.1 cm³/mol. The predicted octanol–water partition coefficient (Wildman–Crippen LogP) is -1.43. The van der Waals surface area contributed by atoms with Crippen molar-refractivity contribution in [2.45, 2.75) is 12.8 Å². The van der Waals surface area contributed by atoms with Gasteiger partial charge in [0.25, 0.3) is 0 Å². The summed E-state index contributed by atoms with van der Waals surface area (Å²) < 4.78 is 5.15. The van der Waals surface area contributed by atoms with Crippen molar-refractivity contribution in [1.82, 2.24) is 15.5 Å². The minimum Gasteiger partial charge on any atom is -0.376 e. The third-order valence-corrected chi connectivity index (χ3v) is 2.85. The molecule has 2 heterocycles. The first-order valence-electron chi connectivity index (χ1n) is 5.45. The fourth-order valence-corrected chi connectivity index (χ4v) is 1.94. The second kappa shape index (κ2) is 4.72. The number of aliphatic hydroxyl groups is 1. The number of nitrogens with one attached hydrogen (secondary N) is 3. The van der Waals surface area contributed by atoms with Gasteiger partial charge < -0.3 is 30.8 Å². The fraction of sp³-hybridized carbons (Fsp3) is 0.600. The molecule has 1 amide bonds. The molecule has 1 unspecified atom stereocenters. The van der Waals surface area contributed by atoms with Gasteiger partial charge in [-0.2, -0.15) is 0 Å². The van der Waals surface area contributed by atoms with Gasteiger partial charge in [0.2, 0.25) is 12.3 Å². The summed E-state index contributed by atoms with van der Waals surface area (Å²) in [5.74, 6) is -0.139. The summed E-state index contributed by atoms with van der Waals surface area (Å²) in [7, 11) is 1.56. The smallest absolute Gasteiger partial charge is 0.239 e. The minimum atomic E-state index is -0.988. The number of aliphatic hydroxyl groups excluding tert-OH is 1. The van der Waals surface area contributed by atoms with Crippen LogP contribution in [0.4, 0.5) is 0 Å². The molecular formula is C10H16N4O3. The maximum Gasteiger partial charge on any atom is 0.239 e. The molecule has 2 aliphatic rings. The molecule has 0 bridgehead atoms. The van der Waals surface area contributed by atoms with E-state index in [2.05, 4.69) is 10.6 Å². The largest absolute Gasteiger partial charge is 0.376 e. The number of fused-ring (bicyclic) bond motifs is 1. The van der Waals surface area contributed by atoms with Gasteiger partial charge in [0.05, 0.1) is 30.3 Å². The number of allylic oxidation sites excluding steroid dienone is 1. The van der Waals surface area contributed by atoms with Crippen molar-refractivity contribution in [3.63, 3.8) is 0 Å². The van der Waals surface area contributed by atoms with Gasteiger partial charge in [-0.1, -0.05) is 0 Å². The molecule has 17 heavy (non-hydrogen) atoms. The average molecular weight is 240 g/mol. The van der Waals surface area contributed by atoms with Crippen LogP contribution in [0.25, 0.3) is 0 Å². The van der Waals surface area contributed by atoms with Crippen LogP contribution in [0.15, 0.2) is 11.4 Å². The van der Waals surface area contributed by atoms with Gasteiger partial charge in [0, 0.05) is 20.0 Å². The van der Waals surface area contributed by atoms with Crippen LogP contribution in [-0.2, 0) is 9.53 Å². The van der Waals surface area contributed by atoms with Crippen LogP contribution in [-0.4, -0.2) is 54.8 Å². The highest BCUT2D eigenvalue weighted by molar-refractivity contribution is 6.00. The molecule has 0 aromatic rings. The molecule has 0 aromatic carbocycles. The van der Waals surface area contributed by atoms with Crippen molar-refractivity contribution in [3.05, 3.63) is 11.4 Å². The number of ether oxygens (including phenoxy) is 1. The maximum absolute atomic E-state index is 11.1. The van der Waals surface area contributed by atoms with Gasteiger partial charge in [-0.15, -0.1) is 0 Å². The van der Waals surface area contributed by atoms with Gasteiger partial charge in [-0.05, 0) is 0 Å². The van der Waals surface area contributed by atoms with E-state index in [1.807, 2.05) is 0 Å². The van der Waals surface area contributed by atoms with E-state index in [0.29, 0.717) is 30.1 Å². The molecule has 1 fully saturated rings. The van der Waals surface area contributed by atoms with Crippen molar-refractivity contribution in [2.75, 3.05) is 26.7 Å². The summed E-state index contributed by atoms with van der Waals surface area (Å²) in [5.41, 5.74) is 1.81. The lowest BCUT2D eigenvalue weighted by atomic mass is 10.2. The Morgan fingerprint density at radius 1 is 1.71 bits per heavy atom. The van der Waals surface area contributed by atoms with Crippen LogP contribution in [0, 0.1) is 5.41 Å². The third kappa shape index (κ3) is 2.25. The van der Waals surface area contributed by atoms with E-state index in [4.69, 9.17) is 10.1 Å². The van der Waals surface area contributed by atoms with Crippen LogP contribution < -0.4 is 10.6 Å². The Morgan fingerprint density at radius 3 is 3.18 bits per heavy atom. The normalized spacial score (nSPS) is 23.8. The lowest BCUT2D eigenvalue weighted by Gasteiger charge is -2.32. The van der Waals surface area contributed by atoms with E-state index in [1.54, 1.807) is 11.9 Å². The van der Waals surface area contributed by atoms with E-state index in [-0.39, 0.29) is 19.1 Å². The number of hydrogen-bond donors (Lipinski definition) is 4. The monoisotopic (exact) mass is 240 g/mol. The van der Waals surface area contributed by atoms with Gasteiger partial charge in [0.1, 0.15) is 0 Å². The second-order valence-corrected chi connectivity index (χ2v) is 3.91. The number of hydrogen-bond acceptors (Lipinski definition) is 6. The van der Waals surface area contributed by atoms with Crippen LogP contribution in [0.3, 0.4) is 0 Å². The molecular weight excluding hydrogens is 224 g/mol. The van der Waals surface area contributed by atoms with E-state index >= 15 is 0 Å². The molecule has 1 atom stereocenters. The first-order chi connectivity index (χ1) is 8.13. The first-order valence-corrected chi connectivity index (χ1v) is 5.45. The molecule has 2 aliphatic heterocycles. The van der Waals surface area contributed by atoms with Crippen LogP contribution in [0.2, 0.25) is 0 Å². The van der Waals surface area contributed by atoms with Crippen molar-refractivity contribution in [3.8, 4) is 0 Å². The average Bonchev–Trinajstić information content (AvgIpc) is 2.72. The lowest BCUT2D eigenvalue weighted by Crippen LogP contribution is -2.43. The quantitative estimate of drug-likeness (QED) is 0.484. The summed E-state index contributed by atoms with van der Waals surface area (Å²) in [4.78, 5) is 12.8. The van der Waals surface area contributed by atoms with Crippen molar-refractivity contribution in [1.29, 1.82) is 5.41 Å². The highest BCUT2D eigenvalue weighted by atomic mass is 16.6. The maximum atomic E-state index is 11.1. The van der Waals surface area contributed by atoms with Crippen molar-refractivity contribution < 1.29 is 14.6 Å². The Hall–Kier alpha value is -1.60. The Bertz CT molecular complexity index is 380. The van der Waals surface area contributed by atoms with Gasteiger partial charge >= 0.3 is 0 Å². The molecule has 2 rings (SSSR count). The molecule has 0 aromatic heterocycles. The van der Waals surface area contributed by atoms with E-state index < -0.39 is 6.41 Å². The van der Waals surface area contributed by atoms with E-state index in [1.165, 1.54) is 0 Å². The molecule has 0 saturated carbocycles. The molecule has 7 nitrogen and oxygen atoms in total. The van der Waals surface area contributed by atoms with Gasteiger partial charge in [-0.25, -0.2) is 0 Å². The standard InChI is InChI=1S/C10H16N4O3/c1-12-8(15)4-13-7-5-17-10(16)14-3-2-6(11)9(7)14/h10-11,13,16H,2-5H2,1H3,(H,12,15). The molecule has 4 N–H and O–H groups in total. The van der Waals surface area contributed by atoms with Crippen molar-refractivity contribution in [2.24, 2.45) is 0 Å². The summed E-state index contributed by atoms with van der Waals surface area (Å²) in [6, 6.07) is 0. The molecule has 1 saturated heterocycles. The molecule has 0 radical (unpaired) electrons. The molecule has 7 heteroatoms. The fourth-order valence-electron chi connectivity index (χ4n) is 1.94. The van der Waals surface area contributed by atoms with E-state index in [0.717, 1.165) is 0 Å². The Morgan fingerprint density at radius 2 is 2.47 bits per heavy atom. The Labute approximate surface area is 98.9 Å². The Balaban J connectivity index is 2.13. The minimum absolute atomic E-state index is 0.135. The Kier molecular flexibility index (Phi) is 3.30. The summed E-state index contributed by atoms with van der Waals surface area (Å²) >= 11 is 0. The zero-order valence-corrected chi connectivity index (χ0v) is 9.62. The number of amides is 1. The number of nitrogens with zero attached hydrogens (tertiary/aromatic N) is 1. The number of rotatable bonds is 3. The summed E-state index contributed by atoms with van der Waals surface area (Å²) in [6.45, 7) is 0.892. The highest BCUT2D eigenvalue weighted by Crippen LogP contribution is 2.26. The summed E-state index contributed by atoms with van der Waals surface area (Å²) in [6.07, 6.45) is -0.403. The lowest BCUT2D eigenvalue weighted by molar-refractivity contribution is -0.181. The zero-order chi connectivity index (χ0) is 12.4. The van der Waals surface area contributed by atoms with Crippen LogP contribution >= 0.6 is 0 Å². The number of carbonyl (C=O) groups excluding carboxylic acids is 1. The zero-order valence-electron chi connectivity index (χ0n) is 9.62. The topological polar surface area (TPSA) is 97.7 Å². The number of likely N-dealkylation sites (N-methyl/N-ethyl adjacent to an activating group) is 1. The van der Waals surface area contributed by atoms with Gasteiger partial charge in [-0.3, -0.25) is 4.79 Å². The van der Waals surface area contributed by atoms with Crippen molar-refractivity contribution >= 4 is 11.6 Å². The first kappa shape index (κ1) is 11.9. The van der Waals surface area contributed by atoms with E-state index in [9.17, 15) is 9.90 Å². The number of carbonyl (C=O) groups is 1.